The standard InChI is InChI=1S/C14H26N2/c1-6-7-8-9-14(4,5)13-10-15-11-16(13)12(2)3/h10-12H,6-9H2,1-5H3. The molecule has 1 heterocycles. The molecule has 0 atom stereocenters. The summed E-state index contributed by atoms with van der Waals surface area (Å²) in [5.74, 6) is 0. The molecule has 1 rings (SSSR count). The van der Waals surface area contributed by atoms with E-state index < -0.39 is 0 Å². The summed E-state index contributed by atoms with van der Waals surface area (Å²) in [5, 5.41) is 0. The summed E-state index contributed by atoms with van der Waals surface area (Å²) >= 11 is 0. The monoisotopic (exact) mass is 222 g/mol. The van der Waals surface area contributed by atoms with Crippen LogP contribution in [0.3, 0.4) is 0 Å². The molecule has 1 aromatic heterocycles. The number of rotatable bonds is 6. The van der Waals surface area contributed by atoms with Gasteiger partial charge in [0.1, 0.15) is 0 Å². The molecule has 0 bridgehead atoms. The molecule has 0 aliphatic carbocycles. The van der Waals surface area contributed by atoms with Crippen molar-refractivity contribution in [2.45, 2.75) is 71.8 Å². The smallest absolute Gasteiger partial charge is 0.0950 e. The van der Waals surface area contributed by atoms with Gasteiger partial charge in [0.2, 0.25) is 0 Å². The average molecular weight is 222 g/mol. The summed E-state index contributed by atoms with van der Waals surface area (Å²) in [6.45, 7) is 11.4. The van der Waals surface area contributed by atoms with Crippen LogP contribution in [0.1, 0.15) is 72.0 Å². The van der Waals surface area contributed by atoms with Crippen LogP contribution >= 0.6 is 0 Å². The van der Waals surface area contributed by atoms with Gasteiger partial charge in [-0.1, -0.05) is 40.0 Å². The molecule has 0 spiro atoms. The first-order chi connectivity index (χ1) is 7.49. The van der Waals surface area contributed by atoms with Crippen molar-refractivity contribution in [2.75, 3.05) is 0 Å². The second kappa shape index (κ2) is 5.51. The number of nitrogens with zero attached hydrogens (tertiary/aromatic N) is 2. The molecule has 0 N–H and O–H groups in total. The molecule has 0 aliphatic rings. The summed E-state index contributed by atoms with van der Waals surface area (Å²) in [4.78, 5) is 4.30. The Labute approximate surface area is 100 Å². The largest absolute Gasteiger partial charge is 0.332 e. The van der Waals surface area contributed by atoms with E-state index in [4.69, 9.17) is 0 Å². The van der Waals surface area contributed by atoms with E-state index in [1.807, 2.05) is 12.5 Å². The number of hydrogen-bond donors (Lipinski definition) is 0. The lowest BCUT2D eigenvalue weighted by molar-refractivity contribution is 0.406. The van der Waals surface area contributed by atoms with E-state index in [1.165, 1.54) is 31.4 Å². The van der Waals surface area contributed by atoms with E-state index in [-0.39, 0.29) is 5.41 Å². The van der Waals surface area contributed by atoms with Crippen LogP contribution in [0.5, 0.6) is 0 Å². The third-order valence-electron chi connectivity index (χ3n) is 3.32. The van der Waals surface area contributed by atoms with Gasteiger partial charge < -0.3 is 4.57 Å². The van der Waals surface area contributed by atoms with Gasteiger partial charge in [-0.25, -0.2) is 4.98 Å². The molecule has 0 aromatic carbocycles. The van der Waals surface area contributed by atoms with Gasteiger partial charge in [-0.05, 0) is 20.3 Å². The molecule has 2 heteroatoms. The second-order valence-corrected chi connectivity index (χ2v) is 5.62. The van der Waals surface area contributed by atoms with Crippen molar-refractivity contribution in [1.82, 2.24) is 9.55 Å². The fourth-order valence-electron chi connectivity index (χ4n) is 2.19. The molecular formula is C14H26N2. The van der Waals surface area contributed by atoms with Crippen molar-refractivity contribution in [3.8, 4) is 0 Å². The number of unbranched alkanes of at least 4 members (excludes halogenated alkanes) is 2. The van der Waals surface area contributed by atoms with E-state index in [9.17, 15) is 0 Å². The first-order valence-corrected chi connectivity index (χ1v) is 6.51. The molecule has 2 nitrogen and oxygen atoms in total. The Morgan fingerprint density at radius 1 is 1.31 bits per heavy atom. The van der Waals surface area contributed by atoms with Crippen molar-refractivity contribution in [2.24, 2.45) is 0 Å². The summed E-state index contributed by atoms with van der Waals surface area (Å²) in [6.07, 6.45) is 9.18. The lowest BCUT2D eigenvalue weighted by Gasteiger charge is -2.27. The number of imidazole rings is 1. The highest BCUT2D eigenvalue weighted by atomic mass is 15.1. The zero-order valence-electron chi connectivity index (χ0n) is 11.5. The van der Waals surface area contributed by atoms with Gasteiger partial charge in [-0.2, -0.15) is 0 Å². The first kappa shape index (κ1) is 13.3. The first-order valence-electron chi connectivity index (χ1n) is 6.51. The molecule has 0 saturated carbocycles. The summed E-state index contributed by atoms with van der Waals surface area (Å²) in [5.41, 5.74) is 1.62. The van der Waals surface area contributed by atoms with Crippen molar-refractivity contribution >= 4 is 0 Å². The van der Waals surface area contributed by atoms with Crippen molar-refractivity contribution in [3.63, 3.8) is 0 Å². The maximum Gasteiger partial charge on any atom is 0.0950 e. The molecule has 0 amide bonds. The molecular weight excluding hydrogens is 196 g/mol. The van der Waals surface area contributed by atoms with Crippen LogP contribution in [0.25, 0.3) is 0 Å². The van der Waals surface area contributed by atoms with E-state index in [0.29, 0.717) is 6.04 Å². The van der Waals surface area contributed by atoms with Crippen LogP contribution in [0.2, 0.25) is 0 Å². The van der Waals surface area contributed by atoms with Gasteiger partial charge in [0.15, 0.2) is 0 Å². The molecule has 0 unspecified atom stereocenters. The van der Waals surface area contributed by atoms with Gasteiger partial charge in [0.05, 0.1) is 6.33 Å². The average Bonchev–Trinajstić information content (AvgIpc) is 2.66. The van der Waals surface area contributed by atoms with E-state index in [0.717, 1.165) is 0 Å². The highest BCUT2D eigenvalue weighted by molar-refractivity contribution is 5.13. The molecule has 16 heavy (non-hydrogen) atoms. The zero-order valence-corrected chi connectivity index (χ0v) is 11.5. The SMILES string of the molecule is CCCCCC(C)(C)c1cncn1C(C)C. The lowest BCUT2D eigenvalue weighted by atomic mass is 9.83. The number of hydrogen-bond acceptors (Lipinski definition) is 1. The normalized spacial score (nSPS) is 12.4. The van der Waals surface area contributed by atoms with Crippen molar-refractivity contribution < 1.29 is 0 Å². The van der Waals surface area contributed by atoms with Gasteiger partial charge in [0.25, 0.3) is 0 Å². The molecule has 92 valence electrons. The highest BCUT2D eigenvalue weighted by Crippen LogP contribution is 2.30. The maximum atomic E-state index is 4.30. The summed E-state index contributed by atoms with van der Waals surface area (Å²) in [7, 11) is 0. The Bertz CT molecular complexity index is 310. The predicted octanol–water partition coefficient (Wildman–Crippen LogP) is 4.32. The minimum absolute atomic E-state index is 0.246. The Hall–Kier alpha value is -0.790. The van der Waals surface area contributed by atoms with Gasteiger partial charge in [0, 0.05) is 23.3 Å². The highest BCUT2D eigenvalue weighted by Gasteiger charge is 2.24. The second-order valence-electron chi connectivity index (χ2n) is 5.62. The maximum absolute atomic E-state index is 4.30. The fourth-order valence-corrected chi connectivity index (χ4v) is 2.19. The molecule has 0 aliphatic heterocycles. The van der Waals surface area contributed by atoms with Crippen LogP contribution in [0.4, 0.5) is 0 Å². The van der Waals surface area contributed by atoms with E-state index in [2.05, 4.69) is 44.2 Å². The fraction of sp³-hybridized carbons (Fsp3) is 0.786. The molecule has 1 aromatic rings. The van der Waals surface area contributed by atoms with E-state index >= 15 is 0 Å². The molecule has 0 fully saturated rings. The summed E-state index contributed by atoms with van der Waals surface area (Å²) < 4.78 is 2.30. The van der Waals surface area contributed by atoms with Crippen LogP contribution in [-0.4, -0.2) is 9.55 Å². The quantitative estimate of drug-likeness (QED) is 0.655. The van der Waals surface area contributed by atoms with E-state index in [1.54, 1.807) is 0 Å². The molecule has 0 saturated heterocycles. The van der Waals surface area contributed by atoms with Crippen LogP contribution in [-0.2, 0) is 5.41 Å². The minimum atomic E-state index is 0.246. The van der Waals surface area contributed by atoms with Crippen LogP contribution in [0, 0.1) is 0 Å². The molecule has 0 radical (unpaired) electrons. The zero-order chi connectivity index (χ0) is 12.2. The Kier molecular flexibility index (Phi) is 4.57. The van der Waals surface area contributed by atoms with Gasteiger partial charge >= 0.3 is 0 Å². The van der Waals surface area contributed by atoms with Gasteiger partial charge in [-0.15, -0.1) is 0 Å². The van der Waals surface area contributed by atoms with Gasteiger partial charge in [-0.3, -0.25) is 0 Å². The van der Waals surface area contributed by atoms with Crippen LogP contribution in [0.15, 0.2) is 12.5 Å². The van der Waals surface area contributed by atoms with Crippen molar-refractivity contribution in [1.29, 1.82) is 0 Å². The Morgan fingerprint density at radius 2 is 2.00 bits per heavy atom. The lowest BCUT2D eigenvalue weighted by Crippen LogP contribution is -2.22. The third-order valence-corrected chi connectivity index (χ3v) is 3.32. The number of aromatic nitrogens is 2. The predicted molar refractivity (Wildman–Crippen MR) is 69.8 cm³/mol. The Morgan fingerprint density at radius 3 is 2.56 bits per heavy atom. The summed E-state index contributed by atoms with van der Waals surface area (Å²) in [6, 6.07) is 0.503. The topological polar surface area (TPSA) is 17.8 Å². The minimum Gasteiger partial charge on any atom is -0.332 e. The third kappa shape index (κ3) is 3.10. The Balaban J connectivity index is 2.76. The van der Waals surface area contributed by atoms with Crippen molar-refractivity contribution in [3.05, 3.63) is 18.2 Å². The van der Waals surface area contributed by atoms with Crippen LogP contribution < -0.4 is 0 Å².